The van der Waals surface area contributed by atoms with Crippen LogP contribution in [0.25, 0.3) is 44.2 Å². The number of fused-ring (bicyclic) bond motifs is 6. The van der Waals surface area contributed by atoms with E-state index in [4.69, 9.17) is 20.1 Å². The number of hydrogen-bond acceptors (Lipinski definition) is 1. The molecule has 1 unspecified atom stereocenters. The van der Waals surface area contributed by atoms with Crippen molar-refractivity contribution in [2.24, 2.45) is 0 Å². The summed E-state index contributed by atoms with van der Waals surface area (Å²) in [7, 11) is 0. The molecule has 0 saturated carbocycles. The standard InChI is InChI=1S/C37H23ClO/c38-27-21-22-30-29-11-4-6-15-33(29)37(34(30)23-27,25-9-2-1-3-10-25)26-19-17-24(18-20-26)28-13-8-14-32-31-12-5-7-16-35(31)39-36(28)32/h1-23H/i4D,6D,11D,15D. The Morgan fingerprint density at radius 1 is 0.590 bits per heavy atom. The summed E-state index contributed by atoms with van der Waals surface area (Å²) < 4.78 is 41.6. The number of halogens is 1. The summed E-state index contributed by atoms with van der Waals surface area (Å²) in [6.07, 6.45) is 0. The number of para-hydroxylation sites is 2. The molecule has 1 aliphatic rings. The number of furan rings is 1. The van der Waals surface area contributed by atoms with Crippen LogP contribution in [0.4, 0.5) is 0 Å². The van der Waals surface area contributed by atoms with Gasteiger partial charge in [-0.1, -0.05) is 133 Å². The maximum Gasteiger partial charge on any atom is 0.143 e. The third-order valence-electron chi connectivity index (χ3n) is 7.96. The predicted molar refractivity (Wildman–Crippen MR) is 161 cm³/mol. The summed E-state index contributed by atoms with van der Waals surface area (Å²) in [5, 5.41) is 2.67. The molecule has 184 valence electrons. The summed E-state index contributed by atoms with van der Waals surface area (Å²) in [6.45, 7) is 0. The number of hydrogen-bond donors (Lipinski definition) is 0. The van der Waals surface area contributed by atoms with Crippen LogP contribution in [0.1, 0.15) is 27.7 Å². The topological polar surface area (TPSA) is 13.1 Å². The van der Waals surface area contributed by atoms with Crippen molar-refractivity contribution < 1.29 is 9.90 Å². The second-order valence-corrected chi connectivity index (χ2v) is 10.4. The van der Waals surface area contributed by atoms with E-state index in [1.165, 1.54) is 0 Å². The predicted octanol–water partition coefficient (Wildman–Crippen LogP) is 10.3. The Kier molecular flexibility index (Phi) is 4.04. The summed E-state index contributed by atoms with van der Waals surface area (Å²) in [6, 6.07) is 37.3. The normalized spacial score (nSPS) is 17.4. The van der Waals surface area contributed by atoms with Crippen molar-refractivity contribution in [1.29, 1.82) is 0 Å². The molecule has 1 atom stereocenters. The molecule has 0 spiro atoms. The maximum absolute atomic E-state index is 9.18. The lowest BCUT2D eigenvalue weighted by atomic mass is 9.67. The molecule has 1 aliphatic carbocycles. The first-order chi connectivity index (χ1) is 20.9. The SMILES string of the molecule is [2H]c1c([2H])c([2H])c2c(c1[2H])-c1ccc(Cl)cc1C2(c1ccccc1)c1ccc(-c2cccc3c2oc2ccccc23)cc1. The van der Waals surface area contributed by atoms with Crippen molar-refractivity contribution in [2.45, 2.75) is 5.41 Å². The zero-order chi connectivity index (χ0) is 29.5. The highest BCUT2D eigenvalue weighted by molar-refractivity contribution is 6.30. The fraction of sp³-hybridized carbons (Fsp3) is 0.0270. The Hall–Kier alpha value is -4.59. The fourth-order valence-corrected chi connectivity index (χ4v) is 6.48. The number of rotatable bonds is 3. The molecule has 1 aromatic heterocycles. The van der Waals surface area contributed by atoms with Crippen molar-refractivity contribution in [1.82, 2.24) is 0 Å². The van der Waals surface area contributed by atoms with Gasteiger partial charge in [0.15, 0.2) is 0 Å². The minimum atomic E-state index is -1.02. The van der Waals surface area contributed by atoms with E-state index in [2.05, 4.69) is 42.5 Å². The van der Waals surface area contributed by atoms with Crippen molar-refractivity contribution in [2.75, 3.05) is 0 Å². The Labute approximate surface area is 237 Å². The molecule has 0 saturated heterocycles. The smallest absolute Gasteiger partial charge is 0.143 e. The molecule has 39 heavy (non-hydrogen) atoms. The second-order valence-electron chi connectivity index (χ2n) is 9.91. The van der Waals surface area contributed by atoms with E-state index in [9.17, 15) is 1.37 Å². The molecule has 0 radical (unpaired) electrons. The molecule has 2 heteroatoms. The van der Waals surface area contributed by atoms with Gasteiger partial charge in [-0.15, -0.1) is 0 Å². The molecule has 0 fully saturated rings. The lowest BCUT2D eigenvalue weighted by Gasteiger charge is -2.34. The minimum absolute atomic E-state index is 0.0504. The molecule has 0 aliphatic heterocycles. The van der Waals surface area contributed by atoms with E-state index < -0.39 is 5.41 Å². The van der Waals surface area contributed by atoms with Crippen molar-refractivity contribution in [3.63, 3.8) is 0 Å². The summed E-state index contributed by atoms with van der Waals surface area (Å²) in [5.74, 6) is 0. The van der Waals surface area contributed by atoms with Crippen LogP contribution < -0.4 is 0 Å². The highest BCUT2D eigenvalue weighted by Gasteiger charge is 2.46. The molecule has 0 amide bonds. The van der Waals surface area contributed by atoms with Crippen LogP contribution in [0.15, 0.2) is 144 Å². The second kappa shape index (κ2) is 8.46. The molecule has 1 heterocycles. The van der Waals surface area contributed by atoms with Gasteiger partial charge in [0, 0.05) is 21.4 Å². The first-order valence-corrected chi connectivity index (χ1v) is 13.3. The molecule has 0 N–H and O–H groups in total. The quantitative estimate of drug-likeness (QED) is 0.225. The lowest BCUT2D eigenvalue weighted by molar-refractivity contribution is 0.670. The van der Waals surface area contributed by atoms with E-state index in [1.54, 1.807) is 6.07 Å². The third-order valence-corrected chi connectivity index (χ3v) is 8.19. The van der Waals surface area contributed by atoms with Crippen molar-refractivity contribution in [3.05, 3.63) is 167 Å². The summed E-state index contributed by atoms with van der Waals surface area (Å²) in [4.78, 5) is 0. The van der Waals surface area contributed by atoms with Gasteiger partial charge >= 0.3 is 0 Å². The zero-order valence-electron chi connectivity index (χ0n) is 24.8. The van der Waals surface area contributed by atoms with Crippen LogP contribution in [-0.4, -0.2) is 0 Å². The molecule has 6 aromatic carbocycles. The van der Waals surface area contributed by atoms with Gasteiger partial charge in [0.25, 0.3) is 0 Å². The Morgan fingerprint density at radius 3 is 2.21 bits per heavy atom. The van der Waals surface area contributed by atoms with Crippen LogP contribution in [0.2, 0.25) is 5.02 Å². The van der Waals surface area contributed by atoms with Gasteiger partial charge < -0.3 is 4.42 Å². The number of benzene rings is 6. The zero-order valence-corrected chi connectivity index (χ0v) is 21.5. The molecule has 0 bridgehead atoms. The van der Waals surface area contributed by atoms with Gasteiger partial charge in [0.05, 0.1) is 10.9 Å². The monoisotopic (exact) mass is 522 g/mol. The average Bonchev–Trinajstić information content (AvgIpc) is 3.57. The molecular weight excluding hydrogens is 496 g/mol. The molecule has 7 aromatic rings. The maximum atomic E-state index is 9.18. The lowest BCUT2D eigenvalue weighted by Crippen LogP contribution is -2.28. The first kappa shape index (κ1) is 18.6. The minimum Gasteiger partial charge on any atom is -0.455 e. The highest BCUT2D eigenvalue weighted by atomic mass is 35.5. The largest absolute Gasteiger partial charge is 0.455 e. The Morgan fingerprint density at radius 2 is 1.33 bits per heavy atom. The van der Waals surface area contributed by atoms with Crippen LogP contribution in [0.5, 0.6) is 0 Å². The highest BCUT2D eigenvalue weighted by Crippen LogP contribution is 2.56. The summed E-state index contributed by atoms with van der Waals surface area (Å²) in [5.41, 5.74) is 7.03. The van der Waals surface area contributed by atoms with Crippen LogP contribution in [-0.2, 0) is 5.41 Å². The Balaban J connectivity index is 1.43. The van der Waals surface area contributed by atoms with E-state index in [0.29, 0.717) is 16.1 Å². The van der Waals surface area contributed by atoms with Gasteiger partial charge in [0.1, 0.15) is 11.2 Å². The molecular formula is C37H23ClO. The van der Waals surface area contributed by atoms with Crippen molar-refractivity contribution in [3.8, 4) is 22.3 Å². The third kappa shape index (κ3) is 3.14. The fourth-order valence-electron chi connectivity index (χ4n) is 6.30. The van der Waals surface area contributed by atoms with E-state index in [1.807, 2.05) is 66.7 Å². The van der Waals surface area contributed by atoms with Crippen molar-refractivity contribution >= 4 is 33.5 Å². The van der Waals surface area contributed by atoms with Gasteiger partial charge in [-0.25, -0.2) is 0 Å². The van der Waals surface area contributed by atoms with Gasteiger partial charge in [-0.05, 0) is 57.1 Å². The average molecular weight is 523 g/mol. The van der Waals surface area contributed by atoms with Crippen LogP contribution in [0.3, 0.4) is 0 Å². The summed E-state index contributed by atoms with van der Waals surface area (Å²) >= 11 is 6.63. The van der Waals surface area contributed by atoms with E-state index in [-0.39, 0.29) is 24.2 Å². The van der Waals surface area contributed by atoms with Crippen LogP contribution >= 0.6 is 11.6 Å². The van der Waals surface area contributed by atoms with Crippen LogP contribution in [0, 0.1) is 0 Å². The Bertz CT molecular complexity index is 2240. The van der Waals surface area contributed by atoms with Gasteiger partial charge in [-0.3, -0.25) is 0 Å². The van der Waals surface area contributed by atoms with E-state index >= 15 is 0 Å². The van der Waals surface area contributed by atoms with Gasteiger partial charge in [0.2, 0.25) is 0 Å². The molecule has 8 rings (SSSR count). The molecule has 1 nitrogen and oxygen atoms in total. The first-order valence-electron chi connectivity index (χ1n) is 14.9. The van der Waals surface area contributed by atoms with Gasteiger partial charge in [-0.2, -0.15) is 0 Å². The van der Waals surface area contributed by atoms with E-state index in [0.717, 1.165) is 55.3 Å².